The summed E-state index contributed by atoms with van der Waals surface area (Å²) in [5.41, 5.74) is 12.7. The lowest BCUT2D eigenvalue weighted by molar-refractivity contribution is 0.0143. The molecule has 6 rings (SSSR count). The van der Waals surface area contributed by atoms with Crippen LogP contribution < -0.4 is 36.9 Å². The predicted molar refractivity (Wildman–Crippen MR) is 153 cm³/mol. The summed E-state index contributed by atoms with van der Waals surface area (Å²) in [6.45, 7) is 4.97. The number of nitrogens with zero attached hydrogens (tertiary/aromatic N) is 4. The van der Waals surface area contributed by atoms with Crippen molar-refractivity contribution in [3.05, 3.63) is 53.3 Å². The van der Waals surface area contributed by atoms with Gasteiger partial charge in [0.05, 0.1) is 37.6 Å². The zero-order valence-corrected chi connectivity index (χ0v) is 23.6. The van der Waals surface area contributed by atoms with Gasteiger partial charge >= 0.3 is 0 Å². The van der Waals surface area contributed by atoms with Gasteiger partial charge in [0.2, 0.25) is 0 Å². The normalized spacial score (nSPS) is 28.6. The summed E-state index contributed by atoms with van der Waals surface area (Å²) in [6.07, 6.45) is 1.12. The van der Waals surface area contributed by atoms with Crippen LogP contribution in [-0.2, 0) is 5.41 Å². The molecule has 2 amide bonds. The number of hydrogen-bond acceptors (Lipinski definition) is 12. The first-order valence-electron chi connectivity index (χ1n) is 13.8. The molecule has 1 fully saturated rings. The van der Waals surface area contributed by atoms with Crippen molar-refractivity contribution in [1.82, 2.24) is 25.8 Å². The number of pyridine rings is 1. The van der Waals surface area contributed by atoms with E-state index in [-0.39, 0.29) is 42.0 Å². The topological polar surface area (TPSA) is 202 Å². The number of para-hydroxylation sites is 1. The molecule has 5 atom stereocenters. The molecule has 1 saturated heterocycles. The van der Waals surface area contributed by atoms with Crippen LogP contribution in [0.15, 0.2) is 46.5 Å². The summed E-state index contributed by atoms with van der Waals surface area (Å²) in [5, 5.41) is 20.6. The van der Waals surface area contributed by atoms with Crippen LogP contribution in [0.3, 0.4) is 0 Å². The van der Waals surface area contributed by atoms with Crippen LogP contribution in [0.4, 0.5) is 0 Å². The first-order valence-corrected chi connectivity index (χ1v) is 13.8. The highest BCUT2D eigenvalue weighted by Gasteiger charge is 2.65. The van der Waals surface area contributed by atoms with Gasteiger partial charge in [-0.1, -0.05) is 26.0 Å². The highest BCUT2D eigenvalue weighted by Crippen LogP contribution is 2.42. The molecule has 222 valence electrons. The van der Waals surface area contributed by atoms with Crippen molar-refractivity contribution >= 4 is 23.7 Å². The number of aromatic nitrogens is 1. The Morgan fingerprint density at radius 1 is 1.21 bits per heavy atom. The van der Waals surface area contributed by atoms with Gasteiger partial charge in [-0.2, -0.15) is 0 Å². The monoisotopic (exact) mass is 577 g/mol. The third-order valence-corrected chi connectivity index (χ3v) is 8.61. The summed E-state index contributed by atoms with van der Waals surface area (Å²) in [5.74, 6) is 0.521. The van der Waals surface area contributed by atoms with E-state index in [2.05, 4.69) is 44.8 Å². The van der Waals surface area contributed by atoms with Crippen molar-refractivity contribution in [1.29, 1.82) is 0 Å². The molecule has 14 nitrogen and oxygen atoms in total. The van der Waals surface area contributed by atoms with Gasteiger partial charge in [-0.3, -0.25) is 9.59 Å². The molecule has 4 aliphatic rings. The van der Waals surface area contributed by atoms with E-state index < -0.39 is 35.8 Å². The van der Waals surface area contributed by atoms with E-state index in [1.807, 2.05) is 12.1 Å². The minimum atomic E-state index is -1.27. The van der Waals surface area contributed by atoms with Crippen LogP contribution in [0.5, 0.6) is 11.5 Å². The molecule has 0 radical (unpaired) electrons. The lowest BCUT2D eigenvalue weighted by Gasteiger charge is -2.46. The number of guanidine groups is 2. The van der Waals surface area contributed by atoms with Crippen molar-refractivity contribution in [2.24, 2.45) is 21.5 Å². The highest BCUT2D eigenvalue weighted by atomic mass is 16.5. The van der Waals surface area contributed by atoms with Crippen LogP contribution in [-0.4, -0.2) is 95.4 Å². The van der Waals surface area contributed by atoms with Crippen LogP contribution in [0, 0.1) is 0 Å². The molecule has 4 aliphatic heterocycles. The Morgan fingerprint density at radius 3 is 2.76 bits per heavy atom. The summed E-state index contributed by atoms with van der Waals surface area (Å²) in [6, 6.07) is 6.61. The Kier molecular flexibility index (Phi) is 6.60. The third-order valence-electron chi connectivity index (χ3n) is 8.61. The lowest BCUT2D eigenvalue weighted by Crippen LogP contribution is -2.73. The number of carbonyl (C=O) groups excluding carboxylic acids is 2. The standard InChI is InChI=1S/C28H35N9O5/c1-27(2)9-10-42-20-15(5-4-6-16(20)27)23(39)33-19-13-37-26(30)34-18(21-28(37,22(19)38)36-25(29)35-21)12-32-24(40)17-8-7-14(41-3)11-31-17/h4-8,11,18-19,21-22,38H,9-10,12-13H2,1-3H3,(H2,30,34)(H,32,40)(H,33,39)(H3,29,35,36)/t18-,19+,21?,22+,28?/m0/s1. The van der Waals surface area contributed by atoms with Gasteiger partial charge in [0, 0.05) is 18.7 Å². The molecule has 8 N–H and O–H groups in total. The Hall–Kier alpha value is -4.59. The fourth-order valence-corrected chi connectivity index (χ4v) is 6.32. The number of nitrogens with two attached hydrogens (primary N) is 2. The SMILES string of the molecule is COc1ccc(C(=O)NC[C@@H]2N=C(N)N3C[C@@H](NC(=O)c4cccc5c4OCCC5(C)C)[C@@H](O)C34NC(N)=NC24)nc1. The number of rotatable bonds is 6. The van der Waals surface area contributed by atoms with Gasteiger partial charge < -0.3 is 46.9 Å². The number of fused-ring (bicyclic) bond motifs is 1. The fourth-order valence-electron chi connectivity index (χ4n) is 6.32. The van der Waals surface area contributed by atoms with Gasteiger partial charge in [0.1, 0.15) is 29.3 Å². The summed E-state index contributed by atoms with van der Waals surface area (Å²) in [4.78, 5) is 41.3. The largest absolute Gasteiger partial charge is 0.495 e. The summed E-state index contributed by atoms with van der Waals surface area (Å²) in [7, 11) is 1.51. The van der Waals surface area contributed by atoms with E-state index in [4.69, 9.17) is 20.9 Å². The van der Waals surface area contributed by atoms with Gasteiger partial charge in [0.25, 0.3) is 11.8 Å². The number of aliphatic hydroxyl groups excluding tert-OH is 1. The zero-order valence-electron chi connectivity index (χ0n) is 23.6. The Labute approximate surface area is 242 Å². The number of benzene rings is 1. The maximum atomic E-state index is 13.6. The van der Waals surface area contributed by atoms with Gasteiger partial charge in [-0.05, 0) is 30.0 Å². The number of nitrogens with one attached hydrogen (secondary N) is 3. The number of hydrogen-bond donors (Lipinski definition) is 6. The second kappa shape index (κ2) is 10.0. The molecule has 5 heterocycles. The Bertz CT molecular complexity index is 1480. The molecule has 1 aromatic heterocycles. The summed E-state index contributed by atoms with van der Waals surface area (Å²) < 4.78 is 11.0. The van der Waals surface area contributed by atoms with Crippen LogP contribution in [0.1, 0.15) is 46.7 Å². The minimum absolute atomic E-state index is 0.0545. The van der Waals surface area contributed by atoms with E-state index in [0.29, 0.717) is 23.7 Å². The Balaban J connectivity index is 1.21. The number of aliphatic imine (C=N–C) groups is 2. The van der Waals surface area contributed by atoms with Crippen molar-refractivity contribution in [2.75, 3.05) is 26.8 Å². The van der Waals surface area contributed by atoms with E-state index >= 15 is 0 Å². The third kappa shape index (κ3) is 4.33. The molecule has 2 unspecified atom stereocenters. The van der Waals surface area contributed by atoms with E-state index in [9.17, 15) is 14.7 Å². The number of ether oxygens (including phenoxy) is 2. The highest BCUT2D eigenvalue weighted by molar-refractivity contribution is 5.98. The molecule has 1 spiro atoms. The average Bonchev–Trinajstić information content (AvgIpc) is 3.47. The molecule has 0 saturated carbocycles. The van der Waals surface area contributed by atoms with Crippen LogP contribution in [0.25, 0.3) is 0 Å². The maximum Gasteiger partial charge on any atom is 0.269 e. The minimum Gasteiger partial charge on any atom is -0.495 e. The van der Waals surface area contributed by atoms with Crippen molar-refractivity contribution in [2.45, 2.75) is 55.6 Å². The first-order chi connectivity index (χ1) is 20.0. The number of methoxy groups -OCH3 is 1. The van der Waals surface area contributed by atoms with Gasteiger partial charge in [0.15, 0.2) is 17.6 Å². The molecule has 0 aliphatic carbocycles. The maximum absolute atomic E-state index is 13.6. The molecule has 0 bridgehead atoms. The van der Waals surface area contributed by atoms with E-state index in [1.165, 1.54) is 13.3 Å². The molecular formula is C28H35N9O5. The number of amides is 2. The molecule has 1 aromatic carbocycles. The van der Waals surface area contributed by atoms with Gasteiger partial charge in [-0.15, -0.1) is 0 Å². The zero-order chi connectivity index (χ0) is 29.8. The van der Waals surface area contributed by atoms with Crippen LogP contribution in [0.2, 0.25) is 0 Å². The molecule has 14 heteroatoms. The van der Waals surface area contributed by atoms with Crippen molar-refractivity contribution in [3.8, 4) is 11.5 Å². The summed E-state index contributed by atoms with van der Waals surface area (Å²) >= 11 is 0. The molecule has 42 heavy (non-hydrogen) atoms. The predicted octanol–water partition coefficient (Wildman–Crippen LogP) is -0.965. The molecule has 2 aromatic rings. The average molecular weight is 578 g/mol. The van der Waals surface area contributed by atoms with E-state index in [0.717, 1.165) is 12.0 Å². The van der Waals surface area contributed by atoms with Crippen LogP contribution >= 0.6 is 0 Å². The van der Waals surface area contributed by atoms with E-state index in [1.54, 1.807) is 23.1 Å². The quantitative estimate of drug-likeness (QED) is 0.248. The smallest absolute Gasteiger partial charge is 0.269 e. The molecular weight excluding hydrogens is 542 g/mol. The second-order valence-electron chi connectivity index (χ2n) is 11.6. The van der Waals surface area contributed by atoms with Crippen molar-refractivity contribution < 1.29 is 24.2 Å². The number of carbonyl (C=O) groups is 2. The first kappa shape index (κ1) is 27.6. The van der Waals surface area contributed by atoms with Gasteiger partial charge in [-0.25, -0.2) is 15.0 Å². The lowest BCUT2D eigenvalue weighted by atomic mass is 9.79. The number of aliphatic hydroxyl groups is 1. The second-order valence-corrected chi connectivity index (χ2v) is 11.6. The fraction of sp³-hybridized carbons (Fsp3) is 0.464. The Morgan fingerprint density at radius 2 is 2.02 bits per heavy atom. The van der Waals surface area contributed by atoms with Crippen molar-refractivity contribution in [3.63, 3.8) is 0 Å².